The Bertz CT molecular complexity index is 782. The van der Waals surface area contributed by atoms with Gasteiger partial charge in [0.25, 0.3) is 0 Å². The van der Waals surface area contributed by atoms with E-state index in [4.69, 9.17) is 4.65 Å². The van der Waals surface area contributed by atoms with Gasteiger partial charge in [-0.1, -0.05) is 12.1 Å². The van der Waals surface area contributed by atoms with E-state index in [2.05, 4.69) is 4.98 Å². The van der Waals surface area contributed by atoms with Crippen molar-refractivity contribution in [3.63, 3.8) is 0 Å². The zero-order valence-electron chi connectivity index (χ0n) is 10.9. The first-order chi connectivity index (χ1) is 9.97. The molecule has 0 aliphatic carbocycles. The highest BCUT2D eigenvalue weighted by molar-refractivity contribution is 7.90. The van der Waals surface area contributed by atoms with Gasteiger partial charge < -0.3 is 9.68 Å². The first kappa shape index (κ1) is 14.2. The molecule has 108 valence electrons. The Morgan fingerprint density at radius 1 is 1.38 bits per heavy atom. The molecule has 0 saturated carbocycles. The van der Waals surface area contributed by atoms with Crippen LogP contribution in [-0.2, 0) is 26.9 Å². The van der Waals surface area contributed by atoms with E-state index in [1.807, 2.05) is 0 Å². The first-order valence-corrected chi connectivity index (χ1v) is 7.87. The van der Waals surface area contributed by atoms with E-state index < -0.39 is 28.5 Å². The van der Waals surface area contributed by atoms with Crippen LogP contribution < -0.4 is 5.46 Å². The minimum Gasteiger partial charge on any atom is -0.423 e. The number of hydrogen-bond acceptors (Lipinski definition) is 5. The molecule has 0 bridgehead atoms. The second-order valence-electron chi connectivity index (χ2n) is 4.73. The van der Waals surface area contributed by atoms with Crippen LogP contribution in [0.4, 0.5) is 4.39 Å². The largest absolute Gasteiger partial charge is 0.491 e. The highest BCUT2D eigenvalue weighted by atomic mass is 32.2. The van der Waals surface area contributed by atoms with Crippen LogP contribution in [0.2, 0.25) is 0 Å². The summed E-state index contributed by atoms with van der Waals surface area (Å²) in [6, 6.07) is 7.05. The number of nitrogens with zero attached hydrogens (tertiary/aromatic N) is 1. The number of pyridine rings is 1. The van der Waals surface area contributed by atoms with E-state index in [1.54, 1.807) is 12.1 Å². The summed E-state index contributed by atoms with van der Waals surface area (Å²) < 4.78 is 43.4. The topological polar surface area (TPSA) is 76.5 Å². The van der Waals surface area contributed by atoms with Gasteiger partial charge in [0, 0.05) is 11.8 Å². The van der Waals surface area contributed by atoms with Gasteiger partial charge in [-0.15, -0.1) is 0 Å². The molecule has 8 heteroatoms. The van der Waals surface area contributed by atoms with Crippen LogP contribution in [0.3, 0.4) is 0 Å². The Hall–Kier alpha value is -1.77. The first-order valence-electron chi connectivity index (χ1n) is 6.22. The molecular weight excluding hydrogens is 296 g/mol. The van der Waals surface area contributed by atoms with Gasteiger partial charge in [0.05, 0.1) is 12.4 Å². The maximum absolute atomic E-state index is 14.0. The summed E-state index contributed by atoms with van der Waals surface area (Å²) in [5.41, 5.74) is 0.922. The summed E-state index contributed by atoms with van der Waals surface area (Å²) in [6.07, 6.45) is 1.36. The Kier molecular flexibility index (Phi) is 3.52. The van der Waals surface area contributed by atoms with Crippen molar-refractivity contribution in [3.05, 3.63) is 53.5 Å². The zero-order valence-corrected chi connectivity index (χ0v) is 11.7. The molecule has 1 aliphatic rings. The van der Waals surface area contributed by atoms with Crippen molar-refractivity contribution in [2.24, 2.45) is 0 Å². The van der Waals surface area contributed by atoms with Gasteiger partial charge in [-0.2, -0.15) is 0 Å². The van der Waals surface area contributed by atoms with Crippen molar-refractivity contribution in [3.8, 4) is 0 Å². The van der Waals surface area contributed by atoms with Crippen molar-refractivity contribution in [1.82, 2.24) is 4.98 Å². The van der Waals surface area contributed by atoms with Gasteiger partial charge in [0.1, 0.15) is 5.82 Å². The van der Waals surface area contributed by atoms with Crippen LogP contribution >= 0.6 is 0 Å². The molecule has 0 saturated heterocycles. The number of aromatic nitrogens is 1. The third-order valence-corrected chi connectivity index (χ3v) is 4.84. The van der Waals surface area contributed by atoms with E-state index in [9.17, 15) is 17.8 Å². The maximum Gasteiger partial charge on any atom is 0.491 e. The molecule has 1 aromatic heterocycles. The molecule has 2 heterocycles. The average Bonchev–Trinajstić information content (AvgIpc) is 2.81. The van der Waals surface area contributed by atoms with Crippen LogP contribution in [0.1, 0.15) is 11.1 Å². The van der Waals surface area contributed by atoms with Crippen LogP contribution in [0.5, 0.6) is 0 Å². The second-order valence-corrected chi connectivity index (χ2v) is 6.67. The van der Waals surface area contributed by atoms with E-state index in [0.717, 1.165) is 0 Å². The number of rotatable bonds is 3. The average molecular weight is 307 g/mol. The van der Waals surface area contributed by atoms with Crippen molar-refractivity contribution < 1.29 is 22.5 Å². The van der Waals surface area contributed by atoms with Crippen molar-refractivity contribution in [2.75, 3.05) is 0 Å². The van der Waals surface area contributed by atoms with Crippen LogP contribution in [0.25, 0.3) is 0 Å². The number of halogens is 1. The van der Waals surface area contributed by atoms with Crippen LogP contribution in [0.15, 0.2) is 41.6 Å². The summed E-state index contributed by atoms with van der Waals surface area (Å²) in [5.74, 6) is -1.15. The molecule has 1 aliphatic heterocycles. The molecular formula is C13H11BFNO4S. The third-order valence-electron chi connectivity index (χ3n) is 3.27. The van der Waals surface area contributed by atoms with E-state index >= 15 is 0 Å². The normalized spacial score (nSPS) is 14.3. The lowest BCUT2D eigenvalue weighted by atomic mass is 9.79. The SMILES string of the molecule is O=S(=O)(Cc1cc2c(cc1F)COB2O)c1ccccn1. The van der Waals surface area contributed by atoms with Crippen molar-refractivity contribution >= 4 is 22.4 Å². The summed E-state index contributed by atoms with van der Waals surface area (Å²) in [6.45, 7) is 0.112. The van der Waals surface area contributed by atoms with Gasteiger partial charge in [-0.25, -0.2) is 17.8 Å². The Labute approximate surface area is 121 Å². The molecule has 1 N–H and O–H groups in total. The lowest BCUT2D eigenvalue weighted by Gasteiger charge is -2.07. The Balaban J connectivity index is 1.98. The maximum atomic E-state index is 14.0. The molecule has 2 aromatic rings. The number of hydrogen-bond donors (Lipinski definition) is 1. The minimum absolute atomic E-state index is 0.0102. The fourth-order valence-corrected chi connectivity index (χ4v) is 3.50. The molecule has 0 radical (unpaired) electrons. The standard InChI is InChI=1S/C13H11BFNO4S/c15-12-6-9-7-20-14(17)11(9)5-10(12)8-21(18,19)13-3-1-2-4-16-13/h1-6,17H,7-8H2. The van der Waals surface area contributed by atoms with E-state index in [1.165, 1.54) is 24.4 Å². The fraction of sp³-hybridized carbons (Fsp3) is 0.154. The lowest BCUT2D eigenvalue weighted by molar-refractivity contribution is 0.275. The molecule has 0 amide bonds. The molecule has 0 atom stereocenters. The Morgan fingerprint density at radius 2 is 2.19 bits per heavy atom. The summed E-state index contributed by atoms with van der Waals surface area (Å²) in [7, 11) is -4.89. The van der Waals surface area contributed by atoms with E-state index in [0.29, 0.717) is 11.0 Å². The lowest BCUT2D eigenvalue weighted by Crippen LogP contribution is -2.29. The van der Waals surface area contributed by atoms with Crippen molar-refractivity contribution in [2.45, 2.75) is 17.4 Å². The van der Waals surface area contributed by atoms with E-state index in [-0.39, 0.29) is 17.2 Å². The molecule has 3 rings (SSSR count). The van der Waals surface area contributed by atoms with Gasteiger partial charge >= 0.3 is 7.12 Å². The molecule has 5 nitrogen and oxygen atoms in total. The van der Waals surface area contributed by atoms with Gasteiger partial charge in [-0.3, -0.25) is 0 Å². The Morgan fingerprint density at radius 3 is 2.90 bits per heavy atom. The van der Waals surface area contributed by atoms with Crippen molar-refractivity contribution in [1.29, 1.82) is 0 Å². The highest BCUT2D eigenvalue weighted by Crippen LogP contribution is 2.19. The molecule has 1 aromatic carbocycles. The number of fused-ring (bicyclic) bond motifs is 1. The number of sulfone groups is 1. The second kappa shape index (κ2) is 5.21. The fourth-order valence-electron chi connectivity index (χ4n) is 2.21. The monoisotopic (exact) mass is 307 g/mol. The zero-order chi connectivity index (χ0) is 15.0. The molecule has 0 spiro atoms. The molecule has 0 fully saturated rings. The predicted octanol–water partition coefficient (Wildman–Crippen LogP) is 0.412. The molecule has 0 unspecified atom stereocenters. The van der Waals surface area contributed by atoms with Gasteiger partial charge in [0.2, 0.25) is 0 Å². The summed E-state index contributed by atoms with van der Waals surface area (Å²) in [5, 5.41) is 9.50. The van der Waals surface area contributed by atoms with Crippen LogP contribution in [-0.4, -0.2) is 25.5 Å². The summed E-state index contributed by atoms with van der Waals surface area (Å²) in [4.78, 5) is 3.78. The quantitative estimate of drug-likeness (QED) is 0.831. The van der Waals surface area contributed by atoms with Gasteiger partial charge in [0.15, 0.2) is 14.9 Å². The third kappa shape index (κ3) is 2.69. The van der Waals surface area contributed by atoms with Gasteiger partial charge in [-0.05, 0) is 29.2 Å². The smallest absolute Gasteiger partial charge is 0.423 e. The number of benzene rings is 1. The van der Waals surface area contributed by atoms with Crippen LogP contribution in [0, 0.1) is 5.82 Å². The minimum atomic E-state index is -3.74. The highest BCUT2D eigenvalue weighted by Gasteiger charge is 2.30. The summed E-state index contributed by atoms with van der Waals surface area (Å²) >= 11 is 0. The predicted molar refractivity (Wildman–Crippen MR) is 73.9 cm³/mol. The molecule has 21 heavy (non-hydrogen) atoms.